The summed E-state index contributed by atoms with van der Waals surface area (Å²) in [6.45, 7) is 14.5. The second kappa shape index (κ2) is 12.0. The van der Waals surface area contributed by atoms with Gasteiger partial charge in [-0.3, -0.25) is 0 Å². The first-order chi connectivity index (χ1) is 20.2. The maximum atomic E-state index is 14.7. The number of carbonyl (C=O) groups is 1. The molecule has 4 heterocycles. The standard InChI is InChI=1S/C29H37BBrClFN7O3/c1-27(2,7-9-35-25-37-16-17-13-19(31)24-34-11-12-40(24)23(17)39-25)8-10-36-26(41)38-22-14-18(20(32)15-21(22)33)30-42-28(3,4)29(5,6)43-30/h13-16,34H,7-12H2,1-6H3,(H2,36,38,41). The summed E-state index contributed by atoms with van der Waals surface area (Å²) in [6, 6.07) is 4.11. The number of halogens is 3. The normalized spacial score (nSPS) is 17.7. The minimum Gasteiger partial charge on any atom is -0.399 e. The van der Waals surface area contributed by atoms with Crippen LogP contribution >= 0.6 is 27.5 Å². The van der Waals surface area contributed by atoms with Crippen LogP contribution in [0.3, 0.4) is 0 Å². The van der Waals surface area contributed by atoms with Gasteiger partial charge in [0.1, 0.15) is 17.5 Å². The molecule has 5 rings (SSSR count). The van der Waals surface area contributed by atoms with Gasteiger partial charge >= 0.3 is 13.1 Å². The summed E-state index contributed by atoms with van der Waals surface area (Å²) in [5.41, 5.74) is 0.555. The van der Waals surface area contributed by atoms with E-state index in [-0.39, 0.29) is 16.1 Å². The number of fused-ring (bicyclic) bond motifs is 3. The molecule has 0 unspecified atom stereocenters. The number of hydrogen-bond acceptors (Lipinski definition) is 7. The van der Waals surface area contributed by atoms with Crippen LogP contribution in [0.2, 0.25) is 5.02 Å². The van der Waals surface area contributed by atoms with E-state index in [4.69, 9.17) is 25.9 Å². The highest BCUT2D eigenvalue weighted by Crippen LogP contribution is 2.37. The van der Waals surface area contributed by atoms with E-state index in [0.717, 1.165) is 47.3 Å². The highest BCUT2D eigenvalue weighted by molar-refractivity contribution is 9.10. The molecule has 0 atom stereocenters. The molecule has 1 saturated heterocycles. The average Bonchev–Trinajstić information content (AvgIpc) is 3.48. The van der Waals surface area contributed by atoms with Crippen LogP contribution < -0.4 is 27.0 Å². The van der Waals surface area contributed by atoms with Gasteiger partial charge < -0.3 is 29.8 Å². The maximum Gasteiger partial charge on any atom is 0.496 e. The molecule has 14 heteroatoms. The number of aromatic nitrogens is 3. The molecule has 43 heavy (non-hydrogen) atoms. The van der Waals surface area contributed by atoms with Gasteiger partial charge in [-0.25, -0.2) is 19.2 Å². The Labute approximate surface area is 264 Å². The number of urea groups is 1. The molecule has 0 saturated carbocycles. The van der Waals surface area contributed by atoms with Crippen molar-refractivity contribution in [2.45, 2.75) is 72.1 Å². The highest BCUT2D eigenvalue weighted by Gasteiger charge is 2.52. The van der Waals surface area contributed by atoms with Crippen molar-refractivity contribution in [3.05, 3.63) is 45.3 Å². The van der Waals surface area contributed by atoms with E-state index in [1.54, 1.807) is 6.20 Å². The smallest absolute Gasteiger partial charge is 0.399 e. The third-order valence-corrected chi connectivity index (χ3v) is 9.35. The molecule has 0 radical (unpaired) electrons. The van der Waals surface area contributed by atoms with Crippen LogP contribution in [-0.2, 0) is 15.9 Å². The Morgan fingerprint density at radius 2 is 1.95 bits per heavy atom. The van der Waals surface area contributed by atoms with Gasteiger partial charge in [-0.2, -0.15) is 4.98 Å². The molecule has 0 aromatic heterocycles. The van der Waals surface area contributed by atoms with Crippen molar-refractivity contribution >= 4 is 57.6 Å². The number of nitrogens with zero attached hydrogens (tertiary/aromatic N) is 4. The molecule has 0 aliphatic carbocycles. The summed E-state index contributed by atoms with van der Waals surface area (Å²) in [6.07, 6.45) is 3.26. The van der Waals surface area contributed by atoms with E-state index in [0.29, 0.717) is 30.6 Å². The van der Waals surface area contributed by atoms with Gasteiger partial charge in [-0.05, 0) is 80.1 Å². The van der Waals surface area contributed by atoms with Crippen molar-refractivity contribution in [1.29, 1.82) is 0 Å². The zero-order valence-electron chi connectivity index (χ0n) is 25.3. The summed E-state index contributed by atoms with van der Waals surface area (Å²) in [4.78, 5) is 26.4. The number of pyridine rings is 1. The van der Waals surface area contributed by atoms with Crippen LogP contribution in [0, 0.1) is 11.2 Å². The van der Waals surface area contributed by atoms with E-state index in [1.807, 2.05) is 33.8 Å². The molecule has 10 nitrogen and oxygen atoms in total. The maximum absolute atomic E-state index is 14.7. The van der Waals surface area contributed by atoms with Crippen molar-refractivity contribution in [3.63, 3.8) is 0 Å². The van der Waals surface area contributed by atoms with Gasteiger partial charge in [0.15, 0.2) is 0 Å². The molecule has 4 aliphatic heterocycles. The van der Waals surface area contributed by atoms with Crippen molar-refractivity contribution in [3.8, 4) is 11.4 Å². The van der Waals surface area contributed by atoms with Crippen LogP contribution in [0.25, 0.3) is 11.4 Å². The van der Waals surface area contributed by atoms with Gasteiger partial charge in [0.2, 0.25) is 5.62 Å². The quantitative estimate of drug-likeness (QED) is 0.283. The fourth-order valence-electron chi connectivity index (χ4n) is 4.97. The predicted octanol–water partition coefficient (Wildman–Crippen LogP) is 5.19. The molecule has 1 aromatic rings. The summed E-state index contributed by atoms with van der Waals surface area (Å²) in [5.74, 6) is 1.22. The average molecular weight is 677 g/mol. The minimum absolute atomic E-state index is 0.00740. The van der Waals surface area contributed by atoms with Gasteiger partial charge in [-0.1, -0.05) is 25.4 Å². The zero-order valence-corrected chi connectivity index (χ0v) is 27.6. The van der Waals surface area contributed by atoms with E-state index in [9.17, 15) is 9.18 Å². The summed E-state index contributed by atoms with van der Waals surface area (Å²) in [7, 11) is -0.785. The topological polar surface area (TPSA) is 115 Å². The number of nitrogens with one attached hydrogen (secondary N) is 3. The minimum atomic E-state index is -0.785. The summed E-state index contributed by atoms with van der Waals surface area (Å²) in [5, 5.41) is 8.94. The fraction of sp³-hybridized carbons (Fsp3) is 0.517. The van der Waals surface area contributed by atoms with Crippen LogP contribution in [0.1, 0.15) is 54.4 Å². The largest absolute Gasteiger partial charge is 0.496 e. The van der Waals surface area contributed by atoms with Crippen LogP contribution in [0.15, 0.2) is 33.9 Å². The van der Waals surface area contributed by atoms with Gasteiger partial charge in [-0.15, -0.1) is 0 Å². The summed E-state index contributed by atoms with van der Waals surface area (Å²) >= 11 is 9.92. The first-order valence-corrected chi connectivity index (χ1v) is 15.5. The number of anilines is 2. The molecule has 3 N–H and O–H groups in total. The molecule has 0 spiro atoms. The lowest BCUT2D eigenvalue weighted by molar-refractivity contribution is 0.00578. The van der Waals surface area contributed by atoms with E-state index >= 15 is 0 Å². The van der Waals surface area contributed by atoms with E-state index in [2.05, 4.69) is 60.3 Å². The number of amides is 2. The Bertz CT molecular complexity index is 1570. The predicted molar refractivity (Wildman–Crippen MR) is 170 cm³/mol. The van der Waals surface area contributed by atoms with Crippen LogP contribution in [0.5, 0.6) is 0 Å². The van der Waals surface area contributed by atoms with Gasteiger partial charge in [0.25, 0.3) is 0 Å². The van der Waals surface area contributed by atoms with Crippen molar-refractivity contribution in [2.75, 3.05) is 30.3 Å². The number of hydrogen-bond donors (Lipinski definition) is 3. The Morgan fingerprint density at radius 3 is 2.67 bits per heavy atom. The molecule has 230 valence electrons. The van der Waals surface area contributed by atoms with Crippen molar-refractivity contribution in [2.24, 2.45) is 10.4 Å². The zero-order chi connectivity index (χ0) is 31.2. The molecule has 2 amide bonds. The molecule has 1 fully saturated rings. The van der Waals surface area contributed by atoms with Crippen LogP contribution in [0.4, 0.5) is 20.7 Å². The Kier molecular flexibility index (Phi) is 8.83. The third kappa shape index (κ3) is 6.84. The number of benzene rings is 1. The second-order valence-corrected chi connectivity index (χ2v) is 14.0. The lowest BCUT2D eigenvalue weighted by atomic mass is 9.78. The molecule has 0 bridgehead atoms. The second-order valence-electron chi connectivity index (χ2n) is 12.7. The third-order valence-electron chi connectivity index (χ3n) is 8.42. The Hall–Kier alpha value is -2.74. The molecule has 4 aliphatic rings. The van der Waals surface area contributed by atoms with E-state index in [1.165, 1.54) is 6.07 Å². The fourth-order valence-corrected chi connectivity index (χ4v) is 5.81. The van der Waals surface area contributed by atoms with Gasteiger partial charge in [0.05, 0.1) is 21.4 Å². The monoisotopic (exact) mass is 675 g/mol. The Morgan fingerprint density at radius 1 is 1.23 bits per heavy atom. The van der Waals surface area contributed by atoms with Crippen molar-refractivity contribution < 1.29 is 18.5 Å². The molecule has 1 aromatic carbocycles. The first-order valence-electron chi connectivity index (χ1n) is 14.4. The number of carbonyl (C=O) groups excluding carboxylic acids is 1. The molecular weight excluding hydrogens is 640 g/mol. The van der Waals surface area contributed by atoms with Crippen LogP contribution in [-0.4, -0.2) is 58.5 Å². The number of rotatable bonds is 8. The molecular formula is C29H37BBrClFN7O3. The lowest BCUT2D eigenvalue weighted by Crippen LogP contribution is -2.41. The first kappa shape index (κ1) is 31.7. The van der Waals surface area contributed by atoms with Crippen molar-refractivity contribution in [1.82, 2.24) is 19.9 Å². The van der Waals surface area contributed by atoms with E-state index < -0.39 is 30.2 Å². The highest BCUT2D eigenvalue weighted by atomic mass is 79.9. The SMILES string of the molecule is CC(C)(CCN=c1ncc2cc(Br)c3n(c-2n1)CCN3)CCNC(=O)Nc1cc(B2OC(C)(C)C(C)(C)O2)c(Cl)cc1F. The van der Waals surface area contributed by atoms with Gasteiger partial charge in [0, 0.05) is 48.4 Å². The lowest BCUT2D eigenvalue weighted by Gasteiger charge is -2.32. The Balaban J connectivity index is 1.15. The summed E-state index contributed by atoms with van der Waals surface area (Å²) < 4.78 is 29.9.